The largest absolute Gasteiger partial charge is 0.336 e. The molecule has 0 unspecified atom stereocenters. The fraction of sp³-hybridized carbons (Fsp3) is 0.350. The first-order valence-corrected chi connectivity index (χ1v) is 8.74. The van der Waals surface area contributed by atoms with Crippen LogP contribution in [0.25, 0.3) is 0 Å². The molecule has 1 fully saturated rings. The summed E-state index contributed by atoms with van der Waals surface area (Å²) in [6.07, 6.45) is 0. The first kappa shape index (κ1) is 19.8. The maximum Gasteiger partial charge on any atom is 0.253 e. The minimum atomic E-state index is 0. The van der Waals surface area contributed by atoms with Crippen LogP contribution in [0.3, 0.4) is 0 Å². The number of piperazine rings is 1. The minimum absolute atomic E-state index is 0. The first-order valence-electron chi connectivity index (χ1n) is 8.36. The van der Waals surface area contributed by atoms with E-state index in [4.69, 9.17) is 11.6 Å². The molecule has 1 aliphatic rings. The van der Waals surface area contributed by atoms with Gasteiger partial charge in [-0.05, 0) is 54.8 Å². The number of carbonyl (C=O) groups excluding carboxylic acids is 1. The second kappa shape index (κ2) is 8.70. The molecule has 0 bridgehead atoms. The fourth-order valence-corrected chi connectivity index (χ4v) is 3.27. The number of nitrogens with zero attached hydrogens (tertiary/aromatic N) is 2. The van der Waals surface area contributed by atoms with Crippen LogP contribution in [-0.2, 0) is 6.54 Å². The van der Waals surface area contributed by atoms with Gasteiger partial charge in [-0.3, -0.25) is 9.69 Å². The lowest BCUT2D eigenvalue weighted by Gasteiger charge is -2.35. The quantitative estimate of drug-likeness (QED) is 0.792. The number of rotatable bonds is 3. The summed E-state index contributed by atoms with van der Waals surface area (Å²) in [5.41, 5.74) is 4.40. The van der Waals surface area contributed by atoms with Gasteiger partial charge in [0.05, 0.1) is 0 Å². The molecular formula is C20H24Cl2N2O. The topological polar surface area (TPSA) is 23.6 Å². The zero-order valence-corrected chi connectivity index (χ0v) is 16.2. The molecule has 0 spiro atoms. The van der Waals surface area contributed by atoms with E-state index in [-0.39, 0.29) is 18.3 Å². The maximum absolute atomic E-state index is 12.7. The number of aryl methyl sites for hydroxylation is 2. The van der Waals surface area contributed by atoms with E-state index < -0.39 is 0 Å². The highest BCUT2D eigenvalue weighted by molar-refractivity contribution is 6.30. The van der Waals surface area contributed by atoms with Crippen LogP contribution in [0.15, 0.2) is 42.5 Å². The number of hydrogen-bond donors (Lipinski definition) is 0. The van der Waals surface area contributed by atoms with Gasteiger partial charge < -0.3 is 4.90 Å². The average molecular weight is 379 g/mol. The Hall–Kier alpha value is -1.55. The molecule has 0 aliphatic carbocycles. The van der Waals surface area contributed by atoms with Crippen LogP contribution < -0.4 is 0 Å². The van der Waals surface area contributed by atoms with Gasteiger partial charge in [0.25, 0.3) is 5.91 Å². The number of carbonyl (C=O) groups is 1. The molecular weight excluding hydrogens is 355 g/mol. The van der Waals surface area contributed by atoms with Gasteiger partial charge in [-0.25, -0.2) is 0 Å². The highest BCUT2D eigenvalue weighted by Crippen LogP contribution is 2.16. The summed E-state index contributed by atoms with van der Waals surface area (Å²) in [7, 11) is 0. The van der Waals surface area contributed by atoms with Crippen LogP contribution in [0.1, 0.15) is 27.0 Å². The highest BCUT2D eigenvalue weighted by Gasteiger charge is 2.22. The Labute approximate surface area is 161 Å². The van der Waals surface area contributed by atoms with Crippen molar-refractivity contribution in [3.8, 4) is 0 Å². The number of hydrogen-bond acceptors (Lipinski definition) is 2. The van der Waals surface area contributed by atoms with E-state index in [0.29, 0.717) is 0 Å². The molecule has 5 heteroatoms. The molecule has 1 aliphatic heterocycles. The van der Waals surface area contributed by atoms with Crippen molar-refractivity contribution in [3.63, 3.8) is 0 Å². The Morgan fingerprint density at radius 3 is 2.36 bits per heavy atom. The third-order valence-corrected chi connectivity index (χ3v) is 4.94. The lowest BCUT2D eigenvalue weighted by atomic mass is 10.1. The summed E-state index contributed by atoms with van der Waals surface area (Å²) < 4.78 is 0. The lowest BCUT2D eigenvalue weighted by Crippen LogP contribution is -2.48. The second-order valence-corrected chi connectivity index (χ2v) is 6.93. The minimum Gasteiger partial charge on any atom is -0.336 e. The average Bonchev–Trinajstić information content (AvgIpc) is 2.57. The zero-order valence-electron chi connectivity index (χ0n) is 14.7. The molecule has 3 nitrogen and oxygen atoms in total. The van der Waals surface area contributed by atoms with Crippen molar-refractivity contribution < 1.29 is 4.79 Å². The van der Waals surface area contributed by atoms with E-state index in [9.17, 15) is 4.79 Å². The van der Waals surface area contributed by atoms with E-state index in [0.717, 1.165) is 43.3 Å². The van der Waals surface area contributed by atoms with Crippen molar-refractivity contribution in [1.82, 2.24) is 9.80 Å². The fourth-order valence-electron chi connectivity index (χ4n) is 3.06. The summed E-state index contributed by atoms with van der Waals surface area (Å²) in [5, 5.41) is 0.774. The van der Waals surface area contributed by atoms with Crippen molar-refractivity contribution in [2.24, 2.45) is 0 Å². The van der Waals surface area contributed by atoms with Crippen molar-refractivity contribution >= 4 is 29.9 Å². The van der Waals surface area contributed by atoms with Gasteiger partial charge in [0.15, 0.2) is 0 Å². The molecule has 2 aromatic rings. The van der Waals surface area contributed by atoms with Crippen molar-refractivity contribution in [2.45, 2.75) is 20.4 Å². The molecule has 1 amide bonds. The van der Waals surface area contributed by atoms with Crippen LogP contribution in [-0.4, -0.2) is 41.9 Å². The lowest BCUT2D eigenvalue weighted by molar-refractivity contribution is 0.0628. The predicted octanol–water partition coefficient (Wildman–Crippen LogP) is 4.34. The normalized spacial score (nSPS) is 14.9. The summed E-state index contributed by atoms with van der Waals surface area (Å²) in [5.74, 6) is 0.139. The maximum atomic E-state index is 12.7. The predicted molar refractivity (Wildman–Crippen MR) is 106 cm³/mol. The Balaban J connectivity index is 0.00000225. The second-order valence-electron chi connectivity index (χ2n) is 6.50. The molecule has 1 saturated heterocycles. The van der Waals surface area contributed by atoms with Gasteiger partial charge in [0.2, 0.25) is 0 Å². The molecule has 3 rings (SSSR count). The highest BCUT2D eigenvalue weighted by atomic mass is 35.5. The molecule has 1 heterocycles. The Kier molecular flexibility index (Phi) is 6.88. The van der Waals surface area contributed by atoms with Gasteiger partial charge in [0, 0.05) is 43.3 Å². The third-order valence-electron chi connectivity index (χ3n) is 4.71. The van der Waals surface area contributed by atoms with Crippen LogP contribution >= 0.6 is 24.0 Å². The third kappa shape index (κ3) is 4.97. The Morgan fingerprint density at radius 1 is 1.00 bits per heavy atom. The van der Waals surface area contributed by atoms with Gasteiger partial charge in [-0.1, -0.05) is 29.8 Å². The summed E-state index contributed by atoms with van der Waals surface area (Å²) in [4.78, 5) is 17.0. The van der Waals surface area contributed by atoms with Crippen LogP contribution in [0.4, 0.5) is 0 Å². The van der Waals surface area contributed by atoms with E-state index in [1.807, 2.05) is 41.3 Å². The monoisotopic (exact) mass is 378 g/mol. The van der Waals surface area contributed by atoms with E-state index >= 15 is 0 Å². The van der Waals surface area contributed by atoms with Crippen LogP contribution in [0.2, 0.25) is 5.02 Å². The molecule has 134 valence electrons. The van der Waals surface area contributed by atoms with Gasteiger partial charge >= 0.3 is 0 Å². The van der Waals surface area contributed by atoms with Crippen LogP contribution in [0, 0.1) is 13.8 Å². The van der Waals surface area contributed by atoms with Crippen molar-refractivity contribution in [1.29, 1.82) is 0 Å². The van der Waals surface area contributed by atoms with Crippen LogP contribution in [0.5, 0.6) is 0 Å². The van der Waals surface area contributed by atoms with E-state index in [1.165, 1.54) is 16.7 Å². The SMILES string of the molecule is Cc1ccc(C(=O)N2CCN(Cc3cccc(Cl)c3)CC2)cc1C.Cl. The number of benzene rings is 2. The molecule has 0 radical (unpaired) electrons. The van der Waals surface area contributed by atoms with Gasteiger partial charge in [0.1, 0.15) is 0 Å². The van der Waals surface area contributed by atoms with Crippen molar-refractivity contribution in [2.75, 3.05) is 26.2 Å². The smallest absolute Gasteiger partial charge is 0.253 e. The standard InChI is InChI=1S/C20H23ClN2O.ClH/c1-15-6-7-18(12-16(15)2)20(24)23-10-8-22(9-11-23)14-17-4-3-5-19(21)13-17;/h3-7,12-13H,8-11,14H2,1-2H3;1H. The Bertz CT molecular complexity index is 740. The molecule has 0 aromatic heterocycles. The summed E-state index contributed by atoms with van der Waals surface area (Å²) in [6, 6.07) is 13.9. The van der Waals surface area contributed by atoms with Crippen molar-refractivity contribution in [3.05, 3.63) is 69.7 Å². The summed E-state index contributed by atoms with van der Waals surface area (Å²) >= 11 is 6.05. The molecule has 0 N–H and O–H groups in total. The molecule has 25 heavy (non-hydrogen) atoms. The first-order chi connectivity index (χ1) is 11.5. The molecule has 0 saturated carbocycles. The van der Waals surface area contributed by atoms with E-state index in [2.05, 4.69) is 24.8 Å². The van der Waals surface area contributed by atoms with Gasteiger partial charge in [-0.2, -0.15) is 0 Å². The number of halogens is 2. The van der Waals surface area contributed by atoms with E-state index in [1.54, 1.807) is 0 Å². The van der Waals surface area contributed by atoms with Gasteiger partial charge in [-0.15, -0.1) is 12.4 Å². The number of amides is 1. The molecule has 0 atom stereocenters. The zero-order chi connectivity index (χ0) is 17.1. The Morgan fingerprint density at radius 2 is 1.72 bits per heavy atom. The summed E-state index contributed by atoms with van der Waals surface area (Å²) in [6.45, 7) is 8.32. The molecule has 2 aromatic carbocycles.